The van der Waals surface area contributed by atoms with Gasteiger partial charge in [0.1, 0.15) is 22.7 Å². The summed E-state index contributed by atoms with van der Waals surface area (Å²) in [5, 5.41) is 11.2. The summed E-state index contributed by atoms with van der Waals surface area (Å²) in [7, 11) is 0. The van der Waals surface area contributed by atoms with E-state index in [-0.39, 0.29) is 0 Å². The van der Waals surface area contributed by atoms with E-state index >= 15 is 0 Å². The second kappa shape index (κ2) is 7.79. The molecule has 1 aliphatic rings. The van der Waals surface area contributed by atoms with Crippen LogP contribution in [-0.4, -0.2) is 41.3 Å². The van der Waals surface area contributed by atoms with Crippen molar-refractivity contribution in [3.05, 3.63) is 48.3 Å². The summed E-state index contributed by atoms with van der Waals surface area (Å²) in [6, 6.07) is 14.8. The van der Waals surface area contributed by atoms with E-state index in [1.807, 2.05) is 0 Å². The molecule has 4 aromatic rings. The van der Waals surface area contributed by atoms with Crippen molar-refractivity contribution in [3.8, 4) is 11.3 Å². The Balaban J connectivity index is 1.69. The highest BCUT2D eigenvalue weighted by Crippen LogP contribution is 2.35. The molecule has 6 heteroatoms. The Morgan fingerprint density at radius 1 is 1.03 bits per heavy atom. The molecule has 0 aliphatic carbocycles. The van der Waals surface area contributed by atoms with Crippen LogP contribution in [0.2, 0.25) is 0 Å². The molecule has 0 atom stereocenters. The Kier molecular flexibility index (Phi) is 4.86. The van der Waals surface area contributed by atoms with Crippen molar-refractivity contribution < 1.29 is 4.52 Å². The first-order chi connectivity index (χ1) is 14.3. The van der Waals surface area contributed by atoms with Crippen LogP contribution in [0.25, 0.3) is 33.1 Å². The molecule has 1 saturated heterocycles. The van der Waals surface area contributed by atoms with Gasteiger partial charge in [0, 0.05) is 31.6 Å². The molecule has 0 spiro atoms. The minimum Gasteiger partial charge on any atom is -0.354 e. The van der Waals surface area contributed by atoms with Crippen LogP contribution in [0, 0.1) is 0 Å². The zero-order chi connectivity index (χ0) is 19.6. The third-order valence-corrected chi connectivity index (χ3v) is 5.50. The topological polar surface area (TPSA) is 67.1 Å². The third-order valence-electron chi connectivity index (χ3n) is 5.50. The molecule has 0 radical (unpaired) electrons. The van der Waals surface area contributed by atoms with Gasteiger partial charge < -0.3 is 14.7 Å². The van der Waals surface area contributed by atoms with Gasteiger partial charge in [-0.05, 0) is 36.2 Å². The molecule has 1 N–H and O–H groups in total. The van der Waals surface area contributed by atoms with E-state index in [4.69, 9.17) is 9.51 Å². The molecular formula is C23H25N5O. The van der Waals surface area contributed by atoms with E-state index in [0.29, 0.717) is 5.71 Å². The number of aryl methyl sites for hydroxylation is 1. The number of hydrogen-bond acceptors (Lipinski definition) is 6. The summed E-state index contributed by atoms with van der Waals surface area (Å²) in [6.45, 7) is 6.01. The van der Waals surface area contributed by atoms with Crippen molar-refractivity contribution in [1.82, 2.24) is 20.4 Å². The van der Waals surface area contributed by atoms with Gasteiger partial charge in [-0.15, -0.1) is 0 Å². The minimum absolute atomic E-state index is 0.582. The predicted molar refractivity (Wildman–Crippen MR) is 116 cm³/mol. The smallest absolute Gasteiger partial charge is 0.263 e. The number of anilines is 1. The summed E-state index contributed by atoms with van der Waals surface area (Å²) in [6.07, 6.45) is 2.92. The summed E-state index contributed by atoms with van der Waals surface area (Å²) in [4.78, 5) is 12.0. The van der Waals surface area contributed by atoms with Crippen LogP contribution < -0.4 is 10.2 Å². The molecule has 0 amide bonds. The van der Waals surface area contributed by atoms with Crippen molar-refractivity contribution in [2.75, 3.05) is 31.1 Å². The normalized spacial score (nSPS) is 15.1. The van der Waals surface area contributed by atoms with Gasteiger partial charge in [0.25, 0.3) is 5.71 Å². The highest BCUT2D eigenvalue weighted by molar-refractivity contribution is 6.00. The minimum atomic E-state index is 0.582. The molecule has 148 valence electrons. The molecule has 2 aromatic carbocycles. The van der Waals surface area contributed by atoms with Crippen LogP contribution in [0.5, 0.6) is 0 Å². The summed E-state index contributed by atoms with van der Waals surface area (Å²) >= 11 is 0. The number of nitrogens with one attached hydrogen (secondary N) is 1. The van der Waals surface area contributed by atoms with Gasteiger partial charge in [-0.3, -0.25) is 0 Å². The number of aromatic nitrogens is 3. The quantitative estimate of drug-likeness (QED) is 0.566. The Morgan fingerprint density at radius 3 is 2.83 bits per heavy atom. The molecule has 0 bridgehead atoms. The van der Waals surface area contributed by atoms with Crippen molar-refractivity contribution in [1.29, 1.82) is 0 Å². The summed E-state index contributed by atoms with van der Waals surface area (Å²) in [5.41, 5.74) is 2.43. The van der Waals surface area contributed by atoms with Gasteiger partial charge in [-0.25, -0.2) is 4.98 Å². The Bertz CT molecular complexity index is 1140. The molecule has 2 aromatic heterocycles. The molecule has 3 heterocycles. The van der Waals surface area contributed by atoms with Crippen LogP contribution in [0.4, 0.5) is 5.82 Å². The van der Waals surface area contributed by atoms with E-state index < -0.39 is 0 Å². The fourth-order valence-corrected chi connectivity index (χ4v) is 4.04. The van der Waals surface area contributed by atoms with Gasteiger partial charge in [0.2, 0.25) is 0 Å². The first-order valence-corrected chi connectivity index (χ1v) is 10.4. The number of fused-ring (bicyclic) bond motifs is 2. The molecule has 6 nitrogen and oxygen atoms in total. The number of hydrogen-bond donors (Lipinski definition) is 1. The maximum atomic E-state index is 5.72. The monoisotopic (exact) mass is 387 g/mol. The van der Waals surface area contributed by atoms with Crippen LogP contribution in [-0.2, 0) is 6.42 Å². The van der Waals surface area contributed by atoms with Crippen LogP contribution >= 0.6 is 0 Å². The Labute approximate surface area is 169 Å². The molecule has 5 rings (SSSR count). The number of benzene rings is 2. The average Bonchev–Trinajstić information content (AvgIpc) is 2.99. The average molecular weight is 387 g/mol. The fraction of sp³-hybridized carbons (Fsp3) is 0.348. The van der Waals surface area contributed by atoms with E-state index in [1.165, 1.54) is 10.8 Å². The molecule has 29 heavy (non-hydrogen) atoms. The zero-order valence-corrected chi connectivity index (χ0v) is 16.7. The standard InChI is InChI=1S/C23H25N5O/c1-2-6-19-25-22(28-13-5-11-24-12-14-28)20-21(27-29-23(20)26-19)18-10-9-16-7-3-4-8-17(16)15-18/h3-4,7-10,15,24H,2,5-6,11-14H2,1H3. The van der Waals surface area contributed by atoms with Gasteiger partial charge in [-0.1, -0.05) is 48.5 Å². The lowest BCUT2D eigenvalue weighted by atomic mass is 10.0. The first-order valence-electron chi connectivity index (χ1n) is 10.4. The molecule has 0 unspecified atom stereocenters. The van der Waals surface area contributed by atoms with Crippen molar-refractivity contribution in [2.45, 2.75) is 26.2 Å². The van der Waals surface area contributed by atoms with Gasteiger partial charge in [-0.2, -0.15) is 4.98 Å². The van der Waals surface area contributed by atoms with Gasteiger partial charge in [0.15, 0.2) is 0 Å². The number of nitrogens with zero attached hydrogens (tertiary/aromatic N) is 4. The van der Waals surface area contributed by atoms with Crippen LogP contribution in [0.3, 0.4) is 0 Å². The lowest BCUT2D eigenvalue weighted by Crippen LogP contribution is -2.29. The second-order valence-electron chi connectivity index (χ2n) is 7.58. The largest absolute Gasteiger partial charge is 0.354 e. The molecule has 1 aliphatic heterocycles. The Morgan fingerprint density at radius 2 is 1.93 bits per heavy atom. The predicted octanol–water partition coefficient (Wildman–Crippen LogP) is 4.19. The maximum absolute atomic E-state index is 5.72. The van der Waals surface area contributed by atoms with E-state index in [2.05, 4.69) is 69.7 Å². The SMILES string of the molecule is CCCc1nc(N2CCCNCC2)c2c(-c3ccc4ccccc4c3)noc2n1. The van der Waals surface area contributed by atoms with Crippen molar-refractivity contribution in [2.24, 2.45) is 0 Å². The van der Waals surface area contributed by atoms with Gasteiger partial charge >= 0.3 is 0 Å². The highest BCUT2D eigenvalue weighted by Gasteiger charge is 2.23. The highest BCUT2D eigenvalue weighted by atomic mass is 16.5. The maximum Gasteiger partial charge on any atom is 0.263 e. The first kappa shape index (κ1) is 18.1. The van der Waals surface area contributed by atoms with Crippen LogP contribution in [0.15, 0.2) is 47.0 Å². The van der Waals surface area contributed by atoms with Crippen molar-refractivity contribution >= 4 is 27.7 Å². The van der Waals surface area contributed by atoms with Crippen LogP contribution in [0.1, 0.15) is 25.6 Å². The Hall–Kier alpha value is -2.99. The van der Waals surface area contributed by atoms with E-state index in [9.17, 15) is 0 Å². The second-order valence-corrected chi connectivity index (χ2v) is 7.58. The molecule has 1 fully saturated rings. The van der Waals surface area contributed by atoms with Gasteiger partial charge in [0.05, 0.1) is 0 Å². The van der Waals surface area contributed by atoms with E-state index in [1.54, 1.807) is 0 Å². The molecule has 0 saturated carbocycles. The summed E-state index contributed by atoms with van der Waals surface area (Å²) < 4.78 is 5.72. The lowest BCUT2D eigenvalue weighted by Gasteiger charge is -2.22. The third kappa shape index (κ3) is 3.44. The van der Waals surface area contributed by atoms with Crippen molar-refractivity contribution in [3.63, 3.8) is 0 Å². The lowest BCUT2D eigenvalue weighted by molar-refractivity contribution is 0.450. The summed E-state index contributed by atoms with van der Waals surface area (Å²) in [5.74, 6) is 1.78. The van der Waals surface area contributed by atoms with E-state index in [0.717, 1.165) is 73.7 Å². The zero-order valence-electron chi connectivity index (χ0n) is 16.7. The molecular weight excluding hydrogens is 362 g/mol. The number of rotatable bonds is 4. The fourth-order valence-electron chi connectivity index (χ4n) is 4.04.